The number of nitrogens with zero attached hydrogens (tertiary/aromatic N) is 1. The van der Waals surface area contributed by atoms with Gasteiger partial charge in [-0.25, -0.2) is 10.2 Å². The van der Waals surface area contributed by atoms with E-state index in [0.717, 1.165) is 5.56 Å². The Bertz CT molecular complexity index is 1180. The first-order valence-corrected chi connectivity index (χ1v) is 10.5. The van der Waals surface area contributed by atoms with Crippen molar-refractivity contribution in [3.05, 3.63) is 87.9 Å². The number of esters is 1. The first kappa shape index (κ1) is 23.8. The van der Waals surface area contributed by atoms with Crippen molar-refractivity contribution in [2.24, 2.45) is 5.10 Å². The fourth-order valence-corrected chi connectivity index (χ4v) is 3.04. The van der Waals surface area contributed by atoms with Crippen molar-refractivity contribution in [1.82, 2.24) is 5.43 Å². The molecule has 0 aromatic heterocycles. The fraction of sp³-hybridized carbons (Fsp3) is 0.160. The van der Waals surface area contributed by atoms with E-state index in [1.165, 1.54) is 13.3 Å². The van der Waals surface area contributed by atoms with Gasteiger partial charge in [-0.2, -0.15) is 5.10 Å². The van der Waals surface area contributed by atoms with E-state index >= 15 is 0 Å². The lowest BCUT2D eigenvalue weighted by Gasteiger charge is -2.11. The third-order valence-electron chi connectivity index (χ3n) is 4.53. The van der Waals surface area contributed by atoms with Gasteiger partial charge in [0.25, 0.3) is 5.91 Å². The number of hydrogen-bond donors (Lipinski definition) is 1. The number of carbonyl (C=O) groups is 2. The summed E-state index contributed by atoms with van der Waals surface area (Å²) in [6, 6.07) is 16.6. The number of aryl methyl sites for hydroxylation is 1. The summed E-state index contributed by atoms with van der Waals surface area (Å²) in [7, 11) is 1.51. The second-order valence-corrected chi connectivity index (χ2v) is 7.37. The molecule has 3 rings (SSSR count). The predicted octanol–water partition coefficient (Wildman–Crippen LogP) is 5.04. The van der Waals surface area contributed by atoms with Crippen LogP contribution in [0.3, 0.4) is 0 Å². The molecule has 0 bridgehead atoms. The van der Waals surface area contributed by atoms with Gasteiger partial charge in [0.1, 0.15) is 5.75 Å². The van der Waals surface area contributed by atoms with Crippen LogP contribution in [0.25, 0.3) is 0 Å². The number of amides is 1. The van der Waals surface area contributed by atoms with Gasteiger partial charge in [0.05, 0.1) is 31.1 Å². The van der Waals surface area contributed by atoms with Crippen LogP contribution in [0.15, 0.2) is 65.8 Å². The van der Waals surface area contributed by atoms with Crippen LogP contribution >= 0.6 is 11.6 Å². The van der Waals surface area contributed by atoms with Gasteiger partial charge in [-0.15, -0.1) is 0 Å². The standard InChI is InChI=1S/C25H23ClN2O5/c1-4-32-23-14-17(6-12-21(23)33-25(30)18-7-9-19(26)10-8-18)15-27-28-24(29)20-11-5-16(2)13-22(20)31-3/h5-15H,4H2,1-3H3,(H,28,29)/b27-15-. The van der Waals surface area contributed by atoms with Crippen LogP contribution < -0.4 is 19.6 Å². The summed E-state index contributed by atoms with van der Waals surface area (Å²) in [5.74, 6) is 0.167. The second kappa shape index (κ2) is 11.2. The van der Waals surface area contributed by atoms with Crippen molar-refractivity contribution in [2.75, 3.05) is 13.7 Å². The number of nitrogens with one attached hydrogen (secondary N) is 1. The molecule has 3 aromatic carbocycles. The Kier molecular flexibility index (Phi) is 8.05. The molecule has 0 fully saturated rings. The van der Waals surface area contributed by atoms with Crippen LogP contribution in [-0.4, -0.2) is 31.8 Å². The van der Waals surface area contributed by atoms with Crippen molar-refractivity contribution in [1.29, 1.82) is 0 Å². The Hall–Kier alpha value is -3.84. The van der Waals surface area contributed by atoms with Crippen LogP contribution in [0.4, 0.5) is 0 Å². The summed E-state index contributed by atoms with van der Waals surface area (Å²) in [5.41, 5.74) is 4.84. The van der Waals surface area contributed by atoms with Gasteiger partial charge >= 0.3 is 5.97 Å². The van der Waals surface area contributed by atoms with E-state index in [4.69, 9.17) is 25.8 Å². The monoisotopic (exact) mass is 466 g/mol. The SMILES string of the molecule is CCOc1cc(/C=N\NC(=O)c2ccc(C)cc2OC)ccc1OC(=O)c1ccc(Cl)cc1. The van der Waals surface area contributed by atoms with Gasteiger partial charge in [-0.05, 0) is 79.6 Å². The van der Waals surface area contributed by atoms with E-state index in [2.05, 4.69) is 10.5 Å². The smallest absolute Gasteiger partial charge is 0.343 e. The van der Waals surface area contributed by atoms with Crippen molar-refractivity contribution in [2.45, 2.75) is 13.8 Å². The average molecular weight is 467 g/mol. The average Bonchev–Trinajstić information content (AvgIpc) is 2.81. The number of methoxy groups -OCH3 is 1. The molecule has 3 aromatic rings. The summed E-state index contributed by atoms with van der Waals surface area (Å²) in [5, 5.41) is 4.53. The summed E-state index contributed by atoms with van der Waals surface area (Å²) in [6.07, 6.45) is 1.46. The summed E-state index contributed by atoms with van der Waals surface area (Å²) >= 11 is 5.86. The molecular formula is C25H23ClN2O5. The van der Waals surface area contributed by atoms with Crippen LogP contribution in [0.2, 0.25) is 5.02 Å². The highest BCUT2D eigenvalue weighted by molar-refractivity contribution is 6.30. The zero-order chi connectivity index (χ0) is 23.8. The fourth-order valence-electron chi connectivity index (χ4n) is 2.91. The quantitative estimate of drug-likeness (QED) is 0.217. The minimum atomic E-state index is -0.534. The predicted molar refractivity (Wildman–Crippen MR) is 127 cm³/mol. The number of rotatable bonds is 8. The summed E-state index contributed by atoms with van der Waals surface area (Å²) < 4.78 is 16.3. The van der Waals surface area contributed by atoms with E-state index in [-0.39, 0.29) is 5.75 Å². The third kappa shape index (κ3) is 6.33. The number of hydrogen-bond acceptors (Lipinski definition) is 6. The molecule has 0 atom stereocenters. The van der Waals surface area contributed by atoms with Crippen molar-refractivity contribution in [3.63, 3.8) is 0 Å². The number of benzene rings is 3. The molecule has 0 aliphatic rings. The Morgan fingerprint density at radius 2 is 1.76 bits per heavy atom. The molecule has 0 spiro atoms. The maximum absolute atomic E-state index is 12.4. The minimum absolute atomic E-state index is 0.266. The van der Waals surface area contributed by atoms with E-state index in [9.17, 15) is 9.59 Å². The van der Waals surface area contributed by atoms with Gasteiger partial charge < -0.3 is 14.2 Å². The van der Waals surface area contributed by atoms with Gasteiger partial charge in [0, 0.05) is 5.02 Å². The zero-order valence-corrected chi connectivity index (χ0v) is 19.2. The Morgan fingerprint density at radius 3 is 2.45 bits per heavy atom. The molecule has 8 heteroatoms. The highest BCUT2D eigenvalue weighted by Gasteiger charge is 2.14. The van der Waals surface area contributed by atoms with E-state index in [1.54, 1.807) is 54.6 Å². The molecule has 7 nitrogen and oxygen atoms in total. The molecule has 0 radical (unpaired) electrons. The summed E-state index contributed by atoms with van der Waals surface area (Å²) in [4.78, 5) is 24.8. The van der Waals surface area contributed by atoms with Crippen LogP contribution in [0, 0.1) is 6.92 Å². The second-order valence-electron chi connectivity index (χ2n) is 6.94. The topological polar surface area (TPSA) is 86.2 Å². The first-order chi connectivity index (χ1) is 15.9. The molecule has 0 saturated heterocycles. The maximum atomic E-state index is 12.4. The highest BCUT2D eigenvalue weighted by Crippen LogP contribution is 2.29. The normalized spacial score (nSPS) is 10.7. The lowest BCUT2D eigenvalue weighted by molar-refractivity contribution is 0.0728. The Balaban J connectivity index is 1.72. The third-order valence-corrected chi connectivity index (χ3v) is 4.78. The number of carbonyl (C=O) groups excluding carboxylic acids is 2. The van der Waals surface area contributed by atoms with Gasteiger partial charge in [0.2, 0.25) is 0 Å². The molecule has 0 unspecified atom stereocenters. The zero-order valence-electron chi connectivity index (χ0n) is 18.4. The molecule has 1 amide bonds. The first-order valence-electron chi connectivity index (χ1n) is 10.1. The summed E-state index contributed by atoms with van der Waals surface area (Å²) in [6.45, 7) is 4.10. The lowest BCUT2D eigenvalue weighted by Crippen LogP contribution is -2.18. The molecule has 1 N–H and O–H groups in total. The van der Waals surface area contributed by atoms with Crippen molar-refractivity contribution >= 4 is 29.7 Å². The van der Waals surface area contributed by atoms with Crippen molar-refractivity contribution in [3.8, 4) is 17.2 Å². The number of hydrazone groups is 1. The van der Waals surface area contributed by atoms with Gasteiger partial charge in [0.15, 0.2) is 11.5 Å². The molecule has 0 aliphatic heterocycles. The largest absolute Gasteiger partial charge is 0.496 e. The molecule has 170 valence electrons. The molecule has 0 saturated carbocycles. The lowest BCUT2D eigenvalue weighted by atomic mass is 10.1. The molecular weight excluding hydrogens is 444 g/mol. The number of ether oxygens (including phenoxy) is 3. The van der Waals surface area contributed by atoms with Gasteiger partial charge in [-0.3, -0.25) is 4.79 Å². The van der Waals surface area contributed by atoms with Crippen LogP contribution in [0.1, 0.15) is 38.8 Å². The molecule has 0 heterocycles. The number of halogens is 1. The van der Waals surface area contributed by atoms with E-state index in [0.29, 0.717) is 39.8 Å². The van der Waals surface area contributed by atoms with Crippen LogP contribution in [0.5, 0.6) is 17.2 Å². The van der Waals surface area contributed by atoms with Gasteiger partial charge in [-0.1, -0.05) is 17.7 Å². The van der Waals surface area contributed by atoms with E-state index < -0.39 is 11.9 Å². The van der Waals surface area contributed by atoms with E-state index in [1.807, 2.05) is 19.9 Å². The van der Waals surface area contributed by atoms with Crippen molar-refractivity contribution < 1.29 is 23.8 Å². The molecule has 33 heavy (non-hydrogen) atoms. The van der Waals surface area contributed by atoms with Crippen LogP contribution in [-0.2, 0) is 0 Å². The minimum Gasteiger partial charge on any atom is -0.496 e. The molecule has 0 aliphatic carbocycles. The Labute approximate surface area is 196 Å². The maximum Gasteiger partial charge on any atom is 0.343 e. The Morgan fingerprint density at radius 1 is 1.00 bits per heavy atom. The highest BCUT2D eigenvalue weighted by atomic mass is 35.5.